The van der Waals surface area contributed by atoms with Gasteiger partial charge in [0.25, 0.3) is 0 Å². The number of hydrogen-bond donors (Lipinski definition) is 2. The molecule has 0 heterocycles. The molecule has 0 aromatic heterocycles. The van der Waals surface area contributed by atoms with Gasteiger partial charge in [0.05, 0.1) is 12.7 Å². The molecule has 3 nitrogen and oxygen atoms in total. The van der Waals surface area contributed by atoms with Crippen LogP contribution in [0.3, 0.4) is 0 Å². The van der Waals surface area contributed by atoms with Crippen LogP contribution >= 0.6 is 0 Å². The molecule has 0 bridgehead atoms. The first kappa shape index (κ1) is 13.3. The lowest BCUT2D eigenvalue weighted by Crippen LogP contribution is -2.53. The Morgan fingerprint density at radius 3 is 2.61 bits per heavy atom. The van der Waals surface area contributed by atoms with E-state index in [2.05, 4.69) is 0 Å². The van der Waals surface area contributed by atoms with Gasteiger partial charge in [-0.1, -0.05) is 12.5 Å². The van der Waals surface area contributed by atoms with Gasteiger partial charge in [0.1, 0.15) is 17.2 Å². The topological polar surface area (TPSA) is 55.5 Å². The van der Waals surface area contributed by atoms with Crippen LogP contribution in [0.2, 0.25) is 0 Å². The highest BCUT2D eigenvalue weighted by Gasteiger charge is 2.53. The number of benzene rings is 1. The summed E-state index contributed by atoms with van der Waals surface area (Å²) >= 11 is 0. The molecule has 18 heavy (non-hydrogen) atoms. The predicted octanol–water partition coefficient (Wildman–Crippen LogP) is 2.17. The SMILES string of the molecule is COc1cccc(F)c1C(C)(O)C1(CN)CCC1. The van der Waals surface area contributed by atoms with Crippen LogP contribution in [0.25, 0.3) is 0 Å². The minimum atomic E-state index is -1.31. The highest BCUT2D eigenvalue weighted by Crippen LogP contribution is 2.55. The summed E-state index contributed by atoms with van der Waals surface area (Å²) in [4.78, 5) is 0. The van der Waals surface area contributed by atoms with E-state index in [1.807, 2.05) is 0 Å². The second-order valence-corrected chi connectivity index (χ2v) is 5.23. The average molecular weight is 253 g/mol. The fourth-order valence-corrected chi connectivity index (χ4v) is 2.91. The first-order chi connectivity index (χ1) is 8.48. The quantitative estimate of drug-likeness (QED) is 0.864. The molecular weight excluding hydrogens is 233 g/mol. The zero-order chi connectivity index (χ0) is 13.4. The lowest BCUT2D eigenvalue weighted by molar-refractivity contribution is -0.119. The summed E-state index contributed by atoms with van der Waals surface area (Å²) in [5.41, 5.74) is 4.28. The molecule has 1 aromatic rings. The van der Waals surface area contributed by atoms with Crippen molar-refractivity contribution in [3.63, 3.8) is 0 Å². The Balaban J connectivity index is 2.53. The van der Waals surface area contributed by atoms with Crippen LogP contribution in [0.15, 0.2) is 18.2 Å². The second-order valence-electron chi connectivity index (χ2n) is 5.23. The Bertz CT molecular complexity index is 436. The van der Waals surface area contributed by atoms with E-state index < -0.39 is 16.8 Å². The zero-order valence-corrected chi connectivity index (χ0v) is 10.9. The number of halogens is 1. The summed E-state index contributed by atoms with van der Waals surface area (Å²) < 4.78 is 19.3. The number of methoxy groups -OCH3 is 1. The Morgan fingerprint density at radius 1 is 1.50 bits per heavy atom. The van der Waals surface area contributed by atoms with Gasteiger partial charge in [0.2, 0.25) is 0 Å². The van der Waals surface area contributed by atoms with Gasteiger partial charge in [0.15, 0.2) is 0 Å². The molecule has 1 aromatic carbocycles. The van der Waals surface area contributed by atoms with Gasteiger partial charge in [-0.25, -0.2) is 4.39 Å². The van der Waals surface area contributed by atoms with Crippen LogP contribution < -0.4 is 10.5 Å². The lowest BCUT2D eigenvalue weighted by Gasteiger charge is -2.51. The molecule has 1 fully saturated rings. The summed E-state index contributed by atoms with van der Waals surface area (Å²) in [6.45, 7) is 1.98. The standard InChI is InChI=1S/C14H20FNO2/c1-13(17,14(9-16)7-4-8-14)12-10(15)5-3-6-11(12)18-2/h3,5-6,17H,4,7-9,16H2,1-2H3. The lowest BCUT2D eigenvalue weighted by atomic mass is 9.57. The van der Waals surface area contributed by atoms with Crippen molar-refractivity contribution in [2.24, 2.45) is 11.1 Å². The smallest absolute Gasteiger partial charge is 0.133 e. The molecular formula is C14H20FNO2. The van der Waals surface area contributed by atoms with Crippen molar-refractivity contribution in [1.29, 1.82) is 0 Å². The van der Waals surface area contributed by atoms with Crippen molar-refractivity contribution in [3.05, 3.63) is 29.6 Å². The molecule has 100 valence electrons. The molecule has 3 N–H and O–H groups in total. The van der Waals surface area contributed by atoms with Crippen LogP contribution in [-0.2, 0) is 5.60 Å². The largest absolute Gasteiger partial charge is 0.496 e. The molecule has 0 amide bonds. The van der Waals surface area contributed by atoms with Crippen molar-refractivity contribution in [3.8, 4) is 5.75 Å². The zero-order valence-electron chi connectivity index (χ0n) is 10.9. The molecule has 0 saturated heterocycles. The van der Waals surface area contributed by atoms with E-state index in [4.69, 9.17) is 10.5 Å². The van der Waals surface area contributed by atoms with Gasteiger partial charge in [-0.15, -0.1) is 0 Å². The highest BCUT2D eigenvalue weighted by atomic mass is 19.1. The maximum atomic E-state index is 14.1. The number of aliphatic hydroxyl groups is 1. The molecule has 0 radical (unpaired) electrons. The normalized spacial score (nSPS) is 20.9. The van der Waals surface area contributed by atoms with Gasteiger partial charge in [-0.2, -0.15) is 0 Å². The highest BCUT2D eigenvalue weighted by molar-refractivity contribution is 5.41. The third kappa shape index (κ3) is 1.71. The fourth-order valence-electron chi connectivity index (χ4n) is 2.91. The molecule has 4 heteroatoms. The van der Waals surface area contributed by atoms with Crippen LogP contribution in [0.5, 0.6) is 5.75 Å². The molecule has 1 unspecified atom stereocenters. The number of nitrogens with two attached hydrogens (primary N) is 1. The first-order valence-electron chi connectivity index (χ1n) is 6.24. The Hall–Kier alpha value is -1.13. The van der Waals surface area contributed by atoms with E-state index in [1.54, 1.807) is 19.1 Å². The van der Waals surface area contributed by atoms with Crippen LogP contribution in [0, 0.1) is 11.2 Å². The van der Waals surface area contributed by atoms with E-state index in [0.717, 1.165) is 19.3 Å². The van der Waals surface area contributed by atoms with Crippen molar-refractivity contribution in [2.45, 2.75) is 31.8 Å². The van der Waals surface area contributed by atoms with Gasteiger partial charge >= 0.3 is 0 Å². The molecule has 1 atom stereocenters. The van der Waals surface area contributed by atoms with E-state index >= 15 is 0 Å². The maximum absolute atomic E-state index is 14.1. The second kappa shape index (κ2) is 4.52. The minimum Gasteiger partial charge on any atom is -0.496 e. The minimum absolute atomic E-state index is 0.220. The fraction of sp³-hybridized carbons (Fsp3) is 0.571. The summed E-state index contributed by atoms with van der Waals surface area (Å²) in [7, 11) is 1.48. The Labute approximate surface area is 107 Å². The molecule has 1 aliphatic rings. The van der Waals surface area contributed by atoms with Crippen molar-refractivity contribution in [1.82, 2.24) is 0 Å². The van der Waals surface area contributed by atoms with Gasteiger partial charge in [-0.05, 0) is 31.9 Å². The monoisotopic (exact) mass is 253 g/mol. The predicted molar refractivity (Wildman–Crippen MR) is 67.9 cm³/mol. The van der Waals surface area contributed by atoms with E-state index in [9.17, 15) is 9.50 Å². The Morgan fingerprint density at radius 2 is 2.17 bits per heavy atom. The number of hydrogen-bond acceptors (Lipinski definition) is 3. The summed E-state index contributed by atoms with van der Waals surface area (Å²) in [5.74, 6) is -0.0706. The number of ether oxygens (including phenoxy) is 1. The van der Waals surface area contributed by atoms with E-state index in [0.29, 0.717) is 12.3 Å². The maximum Gasteiger partial charge on any atom is 0.133 e. The third-order valence-electron chi connectivity index (χ3n) is 4.42. The summed E-state index contributed by atoms with van der Waals surface area (Å²) in [6, 6.07) is 4.58. The molecule has 0 spiro atoms. The van der Waals surface area contributed by atoms with Gasteiger partial charge in [-0.3, -0.25) is 0 Å². The number of rotatable bonds is 4. The average Bonchev–Trinajstić information content (AvgIpc) is 2.27. The van der Waals surface area contributed by atoms with Crippen LogP contribution in [0.4, 0.5) is 4.39 Å². The van der Waals surface area contributed by atoms with E-state index in [-0.39, 0.29) is 5.56 Å². The van der Waals surface area contributed by atoms with Gasteiger partial charge in [0, 0.05) is 12.0 Å². The summed E-state index contributed by atoms with van der Waals surface area (Å²) in [5, 5.41) is 10.8. The van der Waals surface area contributed by atoms with Crippen LogP contribution in [-0.4, -0.2) is 18.8 Å². The third-order valence-corrected chi connectivity index (χ3v) is 4.42. The molecule has 1 saturated carbocycles. The van der Waals surface area contributed by atoms with Crippen LogP contribution in [0.1, 0.15) is 31.7 Å². The van der Waals surface area contributed by atoms with Crippen molar-refractivity contribution < 1.29 is 14.2 Å². The van der Waals surface area contributed by atoms with Crippen molar-refractivity contribution in [2.75, 3.05) is 13.7 Å². The molecule has 2 rings (SSSR count). The van der Waals surface area contributed by atoms with Crippen molar-refractivity contribution >= 4 is 0 Å². The van der Waals surface area contributed by atoms with E-state index in [1.165, 1.54) is 13.2 Å². The molecule has 0 aliphatic heterocycles. The Kier molecular flexibility index (Phi) is 3.34. The summed E-state index contributed by atoms with van der Waals surface area (Å²) in [6.07, 6.45) is 2.64. The first-order valence-corrected chi connectivity index (χ1v) is 6.24. The van der Waals surface area contributed by atoms with Gasteiger partial charge < -0.3 is 15.6 Å². The molecule has 1 aliphatic carbocycles.